The second-order valence-electron chi connectivity index (χ2n) is 5.38. The Morgan fingerprint density at radius 2 is 1.91 bits per heavy atom. The molecule has 0 unspecified atom stereocenters. The predicted octanol–water partition coefficient (Wildman–Crippen LogP) is 4.32. The summed E-state index contributed by atoms with van der Waals surface area (Å²) in [4.78, 5) is 16.5. The molecule has 1 amide bonds. The molecule has 0 radical (unpaired) electrons. The molecule has 0 aliphatic carbocycles. The number of ether oxygens (including phenoxy) is 1. The van der Waals surface area contributed by atoms with Gasteiger partial charge in [-0.15, -0.1) is 0 Å². The summed E-state index contributed by atoms with van der Waals surface area (Å²) in [7, 11) is 0. The third-order valence-corrected chi connectivity index (χ3v) is 4.52. The van der Waals surface area contributed by atoms with Crippen LogP contribution in [0.1, 0.15) is 17.5 Å². The number of rotatable bonds is 5. The lowest BCUT2D eigenvalue weighted by atomic mass is 10.1. The van der Waals surface area contributed by atoms with Crippen LogP contribution in [0, 0.1) is 13.8 Å². The maximum atomic E-state index is 12.0. The normalized spacial score (nSPS) is 10.7. The lowest BCUT2D eigenvalue weighted by Gasteiger charge is -2.05. The number of anilines is 1. The second-order valence-corrected chi connectivity index (χ2v) is 6.41. The molecule has 0 spiro atoms. The van der Waals surface area contributed by atoms with Crippen molar-refractivity contribution >= 4 is 32.6 Å². The van der Waals surface area contributed by atoms with Crippen LogP contribution in [-0.2, 0) is 4.79 Å². The van der Waals surface area contributed by atoms with E-state index in [2.05, 4.69) is 36.3 Å². The van der Waals surface area contributed by atoms with Crippen LogP contribution in [0.5, 0.6) is 5.75 Å². The van der Waals surface area contributed by atoms with E-state index in [0.29, 0.717) is 18.2 Å². The number of fused-ring (bicyclic) bond motifs is 1. The fourth-order valence-electron chi connectivity index (χ4n) is 2.19. The molecule has 118 valence electrons. The van der Waals surface area contributed by atoms with Crippen LogP contribution >= 0.6 is 11.3 Å². The van der Waals surface area contributed by atoms with Gasteiger partial charge in [-0.1, -0.05) is 29.5 Å². The van der Waals surface area contributed by atoms with Crippen molar-refractivity contribution < 1.29 is 9.53 Å². The third kappa shape index (κ3) is 3.87. The lowest BCUT2D eigenvalue weighted by molar-refractivity contribution is -0.116. The highest BCUT2D eigenvalue weighted by Crippen LogP contribution is 2.28. The highest BCUT2D eigenvalue weighted by molar-refractivity contribution is 7.22. The van der Waals surface area contributed by atoms with E-state index >= 15 is 0 Å². The van der Waals surface area contributed by atoms with Crippen LogP contribution in [-0.4, -0.2) is 17.5 Å². The van der Waals surface area contributed by atoms with Crippen LogP contribution < -0.4 is 10.1 Å². The smallest absolute Gasteiger partial charge is 0.229 e. The number of thiazole rings is 1. The standard InChI is InChI=1S/C18H18N2O2S/c1-12-10-15-16(11-13(12)2)23-18(19-15)20-17(21)8-9-22-14-6-4-3-5-7-14/h3-7,10-11H,8-9H2,1-2H3,(H,19,20,21). The zero-order valence-corrected chi connectivity index (χ0v) is 13.9. The highest BCUT2D eigenvalue weighted by atomic mass is 32.1. The number of amides is 1. The highest BCUT2D eigenvalue weighted by Gasteiger charge is 2.09. The largest absolute Gasteiger partial charge is 0.493 e. The maximum absolute atomic E-state index is 12.0. The minimum absolute atomic E-state index is 0.0894. The quantitative estimate of drug-likeness (QED) is 0.759. The minimum atomic E-state index is -0.0894. The molecular formula is C18H18N2O2S. The Labute approximate surface area is 139 Å². The van der Waals surface area contributed by atoms with Crippen molar-refractivity contribution in [3.8, 4) is 5.75 Å². The number of hydrogen-bond donors (Lipinski definition) is 1. The van der Waals surface area contributed by atoms with Gasteiger partial charge in [0.25, 0.3) is 0 Å². The van der Waals surface area contributed by atoms with E-state index in [-0.39, 0.29) is 5.91 Å². The van der Waals surface area contributed by atoms with Crippen LogP contribution in [0.2, 0.25) is 0 Å². The molecule has 1 heterocycles. The Morgan fingerprint density at radius 1 is 1.17 bits per heavy atom. The topological polar surface area (TPSA) is 51.2 Å². The molecule has 4 nitrogen and oxygen atoms in total. The molecule has 3 rings (SSSR count). The maximum Gasteiger partial charge on any atom is 0.229 e. The molecule has 0 saturated carbocycles. The van der Waals surface area contributed by atoms with E-state index in [1.807, 2.05) is 30.3 Å². The Kier molecular flexibility index (Phi) is 4.57. The van der Waals surface area contributed by atoms with Gasteiger partial charge >= 0.3 is 0 Å². The van der Waals surface area contributed by atoms with Gasteiger partial charge < -0.3 is 10.1 Å². The van der Waals surface area contributed by atoms with E-state index in [4.69, 9.17) is 4.74 Å². The number of benzene rings is 2. The molecule has 1 aromatic heterocycles. The van der Waals surface area contributed by atoms with Crippen molar-refractivity contribution in [3.05, 3.63) is 53.6 Å². The van der Waals surface area contributed by atoms with Crippen molar-refractivity contribution in [3.63, 3.8) is 0 Å². The summed E-state index contributed by atoms with van der Waals surface area (Å²) in [5.74, 6) is 0.680. The van der Waals surface area contributed by atoms with Gasteiger partial charge in [0.05, 0.1) is 23.2 Å². The first-order valence-corrected chi connectivity index (χ1v) is 8.29. The molecule has 3 aromatic rings. The first-order valence-electron chi connectivity index (χ1n) is 7.47. The van der Waals surface area contributed by atoms with E-state index < -0.39 is 0 Å². The molecule has 5 heteroatoms. The first kappa shape index (κ1) is 15.5. The Balaban J connectivity index is 1.57. The number of nitrogens with zero attached hydrogens (tertiary/aromatic N) is 1. The number of para-hydroxylation sites is 1. The summed E-state index contributed by atoms with van der Waals surface area (Å²) in [6.07, 6.45) is 0.295. The molecule has 0 bridgehead atoms. The molecule has 23 heavy (non-hydrogen) atoms. The third-order valence-electron chi connectivity index (χ3n) is 3.59. The number of carbonyl (C=O) groups excluding carboxylic acids is 1. The van der Waals surface area contributed by atoms with E-state index in [9.17, 15) is 4.79 Å². The average molecular weight is 326 g/mol. The number of aromatic nitrogens is 1. The average Bonchev–Trinajstić information content (AvgIpc) is 2.90. The van der Waals surface area contributed by atoms with Crippen molar-refractivity contribution in [1.29, 1.82) is 0 Å². The zero-order chi connectivity index (χ0) is 16.2. The Morgan fingerprint density at radius 3 is 2.70 bits per heavy atom. The predicted molar refractivity (Wildman–Crippen MR) is 94.3 cm³/mol. The molecule has 0 aliphatic heterocycles. The first-order chi connectivity index (χ1) is 11.1. The number of carbonyl (C=O) groups is 1. The van der Waals surface area contributed by atoms with Gasteiger partial charge in [-0.25, -0.2) is 4.98 Å². The lowest BCUT2D eigenvalue weighted by Crippen LogP contribution is -2.14. The molecule has 0 atom stereocenters. The SMILES string of the molecule is Cc1cc2nc(NC(=O)CCOc3ccccc3)sc2cc1C. The zero-order valence-electron chi connectivity index (χ0n) is 13.1. The second kappa shape index (κ2) is 6.79. The van der Waals surface area contributed by atoms with Crippen LogP contribution in [0.4, 0.5) is 5.13 Å². The number of nitrogens with one attached hydrogen (secondary N) is 1. The Bertz CT molecular complexity index is 789. The van der Waals surface area contributed by atoms with E-state index in [1.54, 1.807) is 0 Å². The van der Waals surface area contributed by atoms with E-state index in [1.165, 1.54) is 22.5 Å². The summed E-state index contributed by atoms with van der Waals surface area (Å²) in [5, 5.41) is 3.48. The fourth-order valence-corrected chi connectivity index (χ4v) is 3.16. The summed E-state index contributed by atoms with van der Waals surface area (Å²) in [6, 6.07) is 13.6. The van der Waals surface area contributed by atoms with Crippen molar-refractivity contribution in [2.24, 2.45) is 0 Å². The molecule has 0 aliphatic rings. The van der Waals surface area contributed by atoms with Crippen LogP contribution in [0.15, 0.2) is 42.5 Å². The molecule has 2 aromatic carbocycles. The monoisotopic (exact) mass is 326 g/mol. The van der Waals surface area contributed by atoms with Crippen molar-refractivity contribution in [1.82, 2.24) is 4.98 Å². The number of aryl methyl sites for hydroxylation is 2. The fraction of sp³-hybridized carbons (Fsp3) is 0.222. The van der Waals surface area contributed by atoms with Crippen LogP contribution in [0.25, 0.3) is 10.2 Å². The van der Waals surface area contributed by atoms with Crippen molar-refractivity contribution in [2.75, 3.05) is 11.9 Å². The summed E-state index contributed by atoms with van der Waals surface area (Å²) in [5.41, 5.74) is 3.36. The van der Waals surface area contributed by atoms with Gasteiger partial charge in [0.2, 0.25) is 5.91 Å². The van der Waals surface area contributed by atoms with E-state index in [0.717, 1.165) is 16.0 Å². The van der Waals surface area contributed by atoms with Gasteiger partial charge in [0.1, 0.15) is 5.75 Å². The summed E-state index contributed by atoms with van der Waals surface area (Å²) in [6.45, 7) is 4.49. The molecule has 1 N–H and O–H groups in total. The Hall–Kier alpha value is -2.40. The molecule has 0 fully saturated rings. The van der Waals surface area contributed by atoms with Gasteiger partial charge in [0, 0.05) is 0 Å². The molecule has 0 saturated heterocycles. The van der Waals surface area contributed by atoms with Gasteiger partial charge in [-0.05, 0) is 49.2 Å². The van der Waals surface area contributed by atoms with Gasteiger partial charge in [-0.3, -0.25) is 4.79 Å². The minimum Gasteiger partial charge on any atom is -0.493 e. The summed E-state index contributed by atoms with van der Waals surface area (Å²) < 4.78 is 6.61. The summed E-state index contributed by atoms with van der Waals surface area (Å²) >= 11 is 1.49. The van der Waals surface area contributed by atoms with Crippen molar-refractivity contribution in [2.45, 2.75) is 20.3 Å². The van der Waals surface area contributed by atoms with Gasteiger partial charge in [0.15, 0.2) is 5.13 Å². The van der Waals surface area contributed by atoms with Gasteiger partial charge in [-0.2, -0.15) is 0 Å². The molecular weight excluding hydrogens is 308 g/mol. The number of hydrogen-bond acceptors (Lipinski definition) is 4. The van der Waals surface area contributed by atoms with Crippen LogP contribution in [0.3, 0.4) is 0 Å².